The Labute approximate surface area is 104 Å². The molecule has 1 aliphatic carbocycles. The summed E-state index contributed by atoms with van der Waals surface area (Å²) in [6, 6.07) is 3.35. The molecule has 0 saturated heterocycles. The zero-order valence-electron chi connectivity index (χ0n) is 8.76. The molecular weight excluding hydrogens is 247 g/mol. The molecule has 2 unspecified atom stereocenters. The molecule has 1 aliphatic rings. The number of amides is 1. The highest BCUT2D eigenvalue weighted by atomic mass is 35.5. The molecule has 2 atom stereocenters. The number of nitrogens with two attached hydrogens (primary N) is 1. The van der Waals surface area contributed by atoms with Gasteiger partial charge in [0, 0.05) is 11.6 Å². The Morgan fingerprint density at radius 3 is 2.62 bits per heavy atom. The van der Waals surface area contributed by atoms with E-state index >= 15 is 0 Å². The summed E-state index contributed by atoms with van der Waals surface area (Å²) in [5.41, 5.74) is 6.41. The van der Waals surface area contributed by atoms with Gasteiger partial charge in [-0.15, -0.1) is 0 Å². The van der Waals surface area contributed by atoms with Crippen molar-refractivity contribution in [2.75, 3.05) is 5.73 Å². The van der Waals surface area contributed by atoms with Crippen molar-refractivity contribution < 1.29 is 4.79 Å². The molecule has 2 rings (SSSR count). The molecule has 0 bridgehead atoms. The fourth-order valence-electron chi connectivity index (χ4n) is 1.52. The quantitative estimate of drug-likeness (QED) is 0.802. The number of nitrogen functional groups attached to an aromatic ring is 1. The van der Waals surface area contributed by atoms with Crippen molar-refractivity contribution in [3.05, 3.63) is 27.7 Å². The van der Waals surface area contributed by atoms with Gasteiger partial charge in [-0.3, -0.25) is 4.79 Å². The zero-order chi connectivity index (χ0) is 11.9. The number of halogens is 2. The maximum Gasteiger partial charge on any atom is 0.251 e. The minimum absolute atomic E-state index is 0.153. The fraction of sp³-hybridized carbons (Fsp3) is 0.364. The van der Waals surface area contributed by atoms with Gasteiger partial charge in [0.05, 0.1) is 15.7 Å². The molecule has 0 aliphatic heterocycles. The van der Waals surface area contributed by atoms with Crippen molar-refractivity contribution in [1.29, 1.82) is 0 Å². The standard InChI is InChI=1S/C11H12Cl2N2O/c1-5-2-9(5)15-11(16)6-3-7(12)10(13)8(14)4-6/h3-5,9H,2,14H2,1H3,(H,15,16). The largest absolute Gasteiger partial charge is 0.397 e. The lowest BCUT2D eigenvalue weighted by Crippen LogP contribution is -2.26. The Hall–Kier alpha value is -0.930. The molecule has 1 amide bonds. The fourth-order valence-corrected chi connectivity index (χ4v) is 1.85. The van der Waals surface area contributed by atoms with Gasteiger partial charge in [0.15, 0.2) is 0 Å². The van der Waals surface area contributed by atoms with Crippen LogP contribution in [0.5, 0.6) is 0 Å². The summed E-state index contributed by atoms with van der Waals surface area (Å²) in [4.78, 5) is 11.8. The molecule has 1 saturated carbocycles. The first-order valence-corrected chi connectivity index (χ1v) is 5.80. The lowest BCUT2D eigenvalue weighted by Gasteiger charge is -2.07. The zero-order valence-corrected chi connectivity index (χ0v) is 10.3. The molecule has 3 nitrogen and oxygen atoms in total. The highest BCUT2D eigenvalue weighted by Gasteiger charge is 2.34. The van der Waals surface area contributed by atoms with Gasteiger partial charge in [-0.2, -0.15) is 0 Å². The highest BCUT2D eigenvalue weighted by Crippen LogP contribution is 2.31. The van der Waals surface area contributed by atoms with Crippen LogP contribution in [0.2, 0.25) is 10.0 Å². The molecule has 86 valence electrons. The van der Waals surface area contributed by atoms with Gasteiger partial charge in [-0.05, 0) is 24.5 Å². The van der Waals surface area contributed by atoms with E-state index in [-0.39, 0.29) is 17.0 Å². The lowest BCUT2D eigenvalue weighted by molar-refractivity contribution is 0.0949. The number of benzene rings is 1. The third-order valence-electron chi connectivity index (χ3n) is 2.74. The molecule has 16 heavy (non-hydrogen) atoms. The predicted molar refractivity (Wildman–Crippen MR) is 65.9 cm³/mol. The topological polar surface area (TPSA) is 55.1 Å². The predicted octanol–water partition coefficient (Wildman–Crippen LogP) is 2.71. The first kappa shape index (κ1) is 11.6. The summed E-state index contributed by atoms with van der Waals surface area (Å²) in [5, 5.41) is 3.49. The number of rotatable bonds is 2. The van der Waals surface area contributed by atoms with Gasteiger partial charge < -0.3 is 11.1 Å². The van der Waals surface area contributed by atoms with Crippen LogP contribution in [0.1, 0.15) is 23.7 Å². The molecule has 1 fully saturated rings. The summed E-state index contributed by atoms with van der Waals surface area (Å²) in [7, 11) is 0. The lowest BCUT2D eigenvalue weighted by atomic mass is 10.2. The van der Waals surface area contributed by atoms with E-state index in [4.69, 9.17) is 28.9 Å². The Bertz CT molecular complexity index is 425. The van der Waals surface area contributed by atoms with Crippen LogP contribution in [0.25, 0.3) is 0 Å². The molecule has 3 N–H and O–H groups in total. The normalized spacial score (nSPS) is 22.9. The Morgan fingerprint density at radius 1 is 1.50 bits per heavy atom. The Balaban J connectivity index is 2.17. The van der Waals surface area contributed by atoms with Gasteiger partial charge in [0.25, 0.3) is 5.91 Å². The number of nitrogens with one attached hydrogen (secondary N) is 1. The maximum absolute atomic E-state index is 11.8. The minimum atomic E-state index is -0.153. The second kappa shape index (κ2) is 4.15. The number of hydrogen-bond donors (Lipinski definition) is 2. The van der Waals surface area contributed by atoms with Crippen LogP contribution >= 0.6 is 23.2 Å². The van der Waals surface area contributed by atoms with Crippen LogP contribution in [0.3, 0.4) is 0 Å². The molecular formula is C11H12Cl2N2O. The van der Waals surface area contributed by atoms with E-state index in [1.54, 1.807) is 0 Å². The van der Waals surface area contributed by atoms with Crippen LogP contribution in [-0.2, 0) is 0 Å². The third kappa shape index (κ3) is 2.25. The Kier molecular flexibility index (Phi) is 3.00. The van der Waals surface area contributed by atoms with Gasteiger partial charge in [-0.1, -0.05) is 30.1 Å². The maximum atomic E-state index is 11.8. The second-order valence-corrected chi connectivity index (χ2v) is 4.94. The number of carbonyl (C=O) groups is 1. The Morgan fingerprint density at radius 2 is 2.12 bits per heavy atom. The van der Waals surface area contributed by atoms with E-state index in [1.165, 1.54) is 12.1 Å². The molecule has 0 radical (unpaired) electrons. The van der Waals surface area contributed by atoms with Gasteiger partial charge >= 0.3 is 0 Å². The minimum Gasteiger partial charge on any atom is -0.397 e. The van der Waals surface area contributed by atoms with Gasteiger partial charge in [0.1, 0.15) is 0 Å². The molecule has 0 aromatic heterocycles. The van der Waals surface area contributed by atoms with E-state index in [0.717, 1.165) is 6.42 Å². The van der Waals surface area contributed by atoms with Crippen molar-refractivity contribution >= 4 is 34.8 Å². The molecule has 0 spiro atoms. The smallest absolute Gasteiger partial charge is 0.251 e. The summed E-state index contributed by atoms with van der Waals surface area (Å²) in [6.07, 6.45) is 1.03. The van der Waals surface area contributed by atoms with Crippen LogP contribution in [-0.4, -0.2) is 11.9 Å². The van der Waals surface area contributed by atoms with Crippen molar-refractivity contribution in [3.63, 3.8) is 0 Å². The number of carbonyl (C=O) groups excluding carboxylic acids is 1. The van der Waals surface area contributed by atoms with Crippen molar-refractivity contribution in [2.45, 2.75) is 19.4 Å². The van der Waals surface area contributed by atoms with E-state index in [1.807, 2.05) is 0 Å². The summed E-state index contributed by atoms with van der Waals surface area (Å²) >= 11 is 11.7. The van der Waals surface area contributed by atoms with Crippen molar-refractivity contribution in [2.24, 2.45) is 5.92 Å². The summed E-state index contributed by atoms with van der Waals surface area (Å²) in [5.74, 6) is 0.406. The van der Waals surface area contributed by atoms with E-state index < -0.39 is 0 Å². The number of hydrogen-bond acceptors (Lipinski definition) is 2. The first-order valence-electron chi connectivity index (χ1n) is 5.04. The van der Waals surface area contributed by atoms with Crippen LogP contribution in [0, 0.1) is 5.92 Å². The average molecular weight is 259 g/mol. The average Bonchev–Trinajstić information content (AvgIpc) is 2.90. The van der Waals surface area contributed by atoms with Crippen LogP contribution in [0.4, 0.5) is 5.69 Å². The molecule has 0 heterocycles. The van der Waals surface area contributed by atoms with Crippen LogP contribution < -0.4 is 11.1 Å². The summed E-state index contributed by atoms with van der Waals surface area (Å²) < 4.78 is 0. The third-order valence-corrected chi connectivity index (χ3v) is 3.56. The van der Waals surface area contributed by atoms with Gasteiger partial charge in [-0.25, -0.2) is 0 Å². The van der Waals surface area contributed by atoms with Crippen molar-refractivity contribution in [1.82, 2.24) is 5.32 Å². The second-order valence-electron chi connectivity index (χ2n) is 4.15. The number of anilines is 1. The van der Waals surface area contributed by atoms with E-state index in [0.29, 0.717) is 22.2 Å². The monoisotopic (exact) mass is 258 g/mol. The molecule has 1 aromatic carbocycles. The molecule has 1 aromatic rings. The van der Waals surface area contributed by atoms with E-state index in [2.05, 4.69) is 12.2 Å². The van der Waals surface area contributed by atoms with Crippen LogP contribution in [0.15, 0.2) is 12.1 Å². The SMILES string of the molecule is CC1CC1NC(=O)c1cc(N)c(Cl)c(Cl)c1. The first-order chi connectivity index (χ1) is 7.49. The summed E-state index contributed by atoms with van der Waals surface area (Å²) in [6.45, 7) is 2.09. The van der Waals surface area contributed by atoms with Crippen molar-refractivity contribution in [3.8, 4) is 0 Å². The van der Waals surface area contributed by atoms with Gasteiger partial charge in [0.2, 0.25) is 0 Å². The molecule has 5 heteroatoms. The highest BCUT2D eigenvalue weighted by molar-refractivity contribution is 6.43. The van der Waals surface area contributed by atoms with E-state index in [9.17, 15) is 4.79 Å².